The highest BCUT2D eigenvalue weighted by Crippen LogP contribution is 2.16. The fourth-order valence-electron chi connectivity index (χ4n) is 2.07. The molecule has 4 nitrogen and oxygen atoms in total. The molecule has 0 aliphatic heterocycles. The maximum atomic E-state index is 5.73. The van der Waals surface area contributed by atoms with Gasteiger partial charge in [0.05, 0.1) is 17.6 Å². The minimum atomic E-state index is 0.793. The molecule has 0 radical (unpaired) electrons. The second-order valence-corrected chi connectivity index (χ2v) is 5.06. The molecule has 0 atom stereocenters. The fourth-order valence-corrected chi connectivity index (χ4v) is 2.07. The fraction of sp³-hybridized carbons (Fsp3) is 0.375. The van der Waals surface area contributed by atoms with Crippen LogP contribution in [0.1, 0.15) is 30.3 Å². The zero-order valence-electron chi connectivity index (χ0n) is 12.4. The van der Waals surface area contributed by atoms with Gasteiger partial charge in [-0.3, -0.25) is 4.98 Å². The largest absolute Gasteiger partial charge is 0.399 e. The monoisotopic (exact) mass is 270 g/mol. The van der Waals surface area contributed by atoms with E-state index in [0.29, 0.717) is 0 Å². The van der Waals surface area contributed by atoms with Crippen LogP contribution >= 0.6 is 0 Å². The summed E-state index contributed by atoms with van der Waals surface area (Å²) in [4.78, 5) is 11.3. The number of hydrogen-bond donors (Lipinski definition) is 1. The van der Waals surface area contributed by atoms with Crippen molar-refractivity contribution in [1.29, 1.82) is 0 Å². The maximum absolute atomic E-state index is 5.73. The molecule has 2 aromatic rings. The molecule has 2 rings (SSSR count). The first-order chi connectivity index (χ1) is 9.60. The maximum Gasteiger partial charge on any atom is 0.147 e. The normalized spacial score (nSPS) is 10.6. The van der Waals surface area contributed by atoms with Crippen LogP contribution in [0.5, 0.6) is 0 Å². The van der Waals surface area contributed by atoms with Crippen LogP contribution in [0, 0.1) is 13.8 Å². The van der Waals surface area contributed by atoms with Crippen LogP contribution in [0.3, 0.4) is 0 Å². The van der Waals surface area contributed by atoms with Crippen LogP contribution in [0.25, 0.3) is 0 Å². The summed E-state index contributed by atoms with van der Waals surface area (Å²) in [5, 5.41) is 0. The first-order valence-corrected chi connectivity index (χ1v) is 6.99. The summed E-state index contributed by atoms with van der Waals surface area (Å²) in [6.07, 6.45) is 2.93. The number of benzene rings is 1. The van der Waals surface area contributed by atoms with Crippen molar-refractivity contribution in [2.75, 3.05) is 17.2 Å². The van der Waals surface area contributed by atoms with Crippen molar-refractivity contribution >= 4 is 11.5 Å². The highest BCUT2D eigenvalue weighted by atomic mass is 15.2. The van der Waals surface area contributed by atoms with Crippen molar-refractivity contribution < 1.29 is 0 Å². The lowest BCUT2D eigenvalue weighted by Gasteiger charge is -2.23. The van der Waals surface area contributed by atoms with Gasteiger partial charge in [0.2, 0.25) is 0 Å². The predicted octanol–water partition coefficient (Wildman–Crippen LogP) is 3.09. The van der Waals surface area contributed by atoms with Crippen LogP contribution < -0.4 is 10.6 Å². The Balaban J connectivity index is 2.21. The SMILES string of the molecule is CCCN(Cc1ccc(N)cc1)c1cnc(C)c(C)n1. The first kappa shape index (κ1) is 14.3. The third kappa shape index (κ3) is 3.47. The number of aryl methyl sites for hydroxylation is 2. The molecule has 0 unspecified atom stereocenters. The zero-order valence-corrected chi connectivity index (χ0v) is 12.4. The molecule has 106 valence electrons. The van der Waals surface area contributed by atoms with E-state index in [0.717, 1.165) is 42.4 Å². The van der Waals surface area contributed by atoms with Gasteiger partial charge in [-0.25, -0.2) is 4.98 Å². The summed E-state index contributed by atoms with van der Waals surface area (Å²) in [7, 11) is 0. The molecule has 0 saturated heterocycles. The Morgan fingerprint density at radius 1 is 1.10 bits per heavy atom. The minimum Gasteiger partial charge on any atom is -0.399 e. The lowest BCUT2D eigenvalue weighted by Crippen LogP contribution is -2.25. The van der Waals surface area contributed by atoms with Gasteiger partial charge < -0.3 is 10.6 Å². The van der Waals surface area contributed by atoms with Crippen molar-refractivity contribution in [1.82, 2.24) is 9.97 Å². The van der Waals surface area contributed by atoms with Crippen LogP contribution in [0.4, 0.5) is 11.5 Å². The number of nitrogen functional groups attached to an aromatic ring is 1. The third-order valence-corrected chi connectivity index (χ3v) is 3.35. The molecule has 0 aliphatic carbocycles. The number of rotatable bonds is 5. The zero-order chi connectivity index (χ0) is 14.5. The molecule has 0 spiro atoms. The summed E-state index contributed by atoms with van der Waals surface area (Å²) >= 11 is 0. The summed E-state index contributed by atoms with van der Waals surface area (Å²) in [6.45, 7) is 7.94. The highest BCUT2D eigenvalue weighted by molar-refractivity contribution is 5.42. The second kappa shape index (κ2) is 6.37. The first-order valence-electron chi connectivity index (χ1n) is 6.99. The average molecular weight is 270 g/mol. The summed E-state index contributed by atoms with van der Waals surface area (Å²) in [5.41, 5.74) is 9.72. The van der Waals surface area contributed by atoms with Gasteiger partial charge in [0, 0.05) is 18.8 Å². The molecule has 0 saturated carbocycles. The molecule has 20 heavy (non-hydrogen) atoms. The van der Waals surface area contributed by atoms with Crippen molar-refractivity contribution in [3.05, 3.63) is 47.4 Å². The Morgan fingerprint density at radius 2 is 1.80 bits per heavy atom. The molecule has 1 aromatic heterocycles. The van der Waals surface area contributed by atoms with Gasteiger partial charge >= 0.3 is 0 Å². The van der Waals surface area contributed by atoms with E-state index < -0.39 is 0 Å². The van der Waals surface area contributed by atoms with Crippen molar-refractivity contribution in [3.8, 4) is 0 Å². The van der Waals surface area contributed by atoms with Crippen LogP contribution in [-0.2, 0) is 6.54 Å². The van der Waals surface area contributed by atoms with Gasteiger partial charge in [0.15, 0.2) is 0 Å². The number of aromatic nitrogens is 2. The minimum absolute atomic E-state index is 0.793. The van der Waals surface area contributed by atoms with E-state index in [1.165, 1.54) is 5.56 Å². The Morgan fingerprint density at radius 3 is 2.40 bits per heavy atom. The third-order valence-electron chi connectivity index (χ3n) is 3.35. The number of hydrogen-bond acceptors (Lipinski definition) is 4. The van der Waals surface area contributed by atoms with Crippen LogP contribution in [0.2, 0.25) is 0 Å². The Bertz CT molecular complexity index is 563. The summed E-state index contributed by atoms with van der Waals surface area (Å²) in [6, 6.07) is 8.00. The van der Waals surface area contributed by atoms with Gasteiger partial charge in [-0.05, 0) is 38.0 Å². The molecular formula is C16H22N4. The van der Waals surface area contributed by atoms with E-state index in [2.05, 4.69) is 33.9 Å². The van der Waals surface area contributed by atoms with E-state index in [4.69, 9.17) is 5.73 Å². The van der Waals surface area contributed by atoms with Gasteiger partial charge in [0.25, 0.3) is 0 Å². The highest BCUT2D eigenvalue weighted by Gasteiger charge is 2.09. The molecule has 0 amide bonds. The Kier molecular flexibility index (Phi) is 4.56. The molecule has 0 fully saturated rings. The van der Waals surface area contributed by atoms with E-state index in [1.54, 1.807) is 0 Å². The average Bonchev–Trinajstić information content (AvgIpc) is 2.44. The molecule has 2 N–H and O–H groups in total. The molecule has 1 aromatic carbocycles. The van der Waals surface area contributed by atoms with E-state index >= 15 is 0 Å². The van der Waals surface area contributed by atoms with E-state index in [-0.39, 0.29) is 0 Å². The van der Waals surface area contributed by atoms with Crippen molar-refractivity contribution in [2.45, 2.75) is 33.7 Å². The van der Waals surface area contributed by atoms with Crippen molar-refractivity contribution in [3.63, 3.8) is 0 Å². The lowest BCUT2D eigenvalue weighted by atomic mass is 10.2. The number of anilines is 2. The smallest absolute Gasteiger partial charge is 0.147 e. The standard InChI is InChI=1S/C16H22N4/c1-4-9-20(11-14-5-7-15(17)8-6-14)16-10-18-12(2)13(3)19-16/h5-8,10H,4,9,11,17H2,1-3H3. The van der Waals surface area contributed by atoms with E-state index in [9.17, 15) is 0 Å². The van der Waals surface area contributed by atoms with Gasteiger partial charge in [-0.1, -0.05) is 19.1 Å². The molecule has 0 bridgehead atoms. The van der Waals surface area contributed by atoms with Gasteiger partial charge in [-0.15, -0.1) is 0 Å². The second-order valence-electron chi connectivity index (χ2n) is 5.06. The molecule has 1 heterocycles. The van der Waals surface area contributed by atoms with Gasteiger partial charge in [0.1, 0.15) is 5.82 Å². The van der Waals surface area contributed by atoms with Crippen LogP contribution in [-0.4, -0.2) is 16.5 Å². The number of nitrogens with zero attached hydrogens (tertiary/aromatic N) is 3. The Hall–Kier alpha value is -2.10. The Labute approximate surface area is 120 Å². The number of nitrogens with two attached hydrogens (primary N) is 1. The van der Waals surface area contributed by atoms with E-state index in [1.807, 2.05) is 32.2 Å². The molecule has 4 heteroatoms. The lowest BCUT2D eigenvalue weighted by molar-refractivity contribution is 0.748. The van der Waals surface area contributed by atoms with Crippen LogP contribution in [0.15, 0.2) is 30.5 Å². The molecule has 0 aliphatic rings. The topological polar surface area (TPSA) is 55.0 Å². The summed E-state index contributed by atoms with van der Waals surface area (Å²) in [5.74, 6) is 0.937. The molecular weight excluding hydrogens is 248 g/mol. The van der Waals surface area contributed by atoms with Gasteiger partial charge in [-0.2, -0.15) is 0 Å². The summed E-state index contributed by atoms with van der Waals surface area (Å²) < 4.78 is 0. The van der Waals surface area contributed by atoms with Crippen molar-refractivity contribution in [2.24, 2.45) is 0 Å². The predicted molar refractivity (Wildman–Crippen MR) is 83.7 cm³/mol. The quantitative estimate of drug-likeness (QED) is 0.848.